The quantitative estimate of drug-likeness (QED) is 0.634. The van der Waals surface area contributed by atoms with E-state index in [-0.39, 0.29) is 23.6 Å². The molecule has 2 rings (SSSR count). The molecule has 0 saturated heterocycles. The Kier molecular flexibility index (Phi) is 4.97. The Balaban J connectivity index is 2.21. The Bertz CT molecular complexity index is 766. The van der Waals surface area contributed by atoms with Crippen LogP contribution in [0.5, 0.6) is 5.75 Å². The second-order valence-electron chi connectivity index (χ2n) is 4.54. The van der Waals surface area contributed by atoms with Gasteiger partial charge in [-0.25, -0.2) is 0 Å². The Morgan fingerprint density at radius 3 is 2.43 bits per heavy atom. The van der Waals surface area contributed by atoms with Gasteiger partial charge in [-0.05, 0) is 23.8 Å². The average molecular weight is 338 g/mol. The second kappa shape index (κ2) is 6.93. The minimum absolute atomic E-state index is 0.188. The maximum absolute atomic E-state index is 11.1. The molecular weight excluding hydrogens is 326 g/mol. The van der Waals surface area contributed by atoms with Crippen molar-refractivity contribution in [3.8, 4) is 5.75 Å². The number of ether oxygens (including phenoxy) is 1. The molecule has 0 aliphatic heterocycles. The molecule has 1 N–H and O–H groups in total. The Morgan fingerprint density at radius 1 is 1.13 bits per heavy atom. The van der Waals surface area contributed by atoms with Crippen molar-refractivity contribution in [2.45, 2.75) is 6.54 Å². The highest BCUT2D eigenvalue weighted by Crippen LogP contribution is 2.30. The number of anilines is 1. The summed E-state index contributed by atoms with van der Waals surface area (Å²) in [7, 11) is 1.50. The molecule has 0 amide bonds. The molecule has 0 spiro atoms. The lowest BCUT2D eigenvalue weighted by Gasteiger charge is -2.09. The van der Waals surface area contributed by atoms with Gasteiger partial charge in [0.2, 0.25) is 0 Å². The van der Waals surface area contributed by atoms with Crippen molar-refractivity contribution in [1.29, 1.82) is 0 Å². The minimum atomic E-state index is -0.681. The summed E-state index contributed by atoms with van der Waals surface area (Å²) in [5.74, 6) is 0.525. The number of non-ortho nitro benzene ring substituents is 1. The van der Waals surface area contributed by atoms with Crippen molar-refractivity contribution in [2.24, 2.45) is 0 Å². The third-order valence-electron chi connectivity index (χ3n) is 3.09. The highest BCUT2D eigenvalue weighted by atomic mass is 35.5. The molecule has 0 bridgehead atoms. The first-order chi connectivity index (χ1) is 10.9. The van der Waals surface area contributed by atoms with Crippen molar-refractivity contribution in [1.82, 2.24) is 0 Å². The number of hydrogen-bond donors (Lipinski definition) is 1. The van der Waals surface area contributed by atoms with Gasteiger partial charge in [0.25, 0.3) is 11.4 Å². The Hall–Kier alpha value is -2.87. The topological polar surface area (TPSA) is 108 Å². The maximum Gasteiger partial charge on any atom is 0.299 e. The summed E-state index contributed by atoms with van der Waals surface area (Å²) < 4.78 is 5.04. The minimum Gasteiger partial charge on any atom is -0.495 e. The molecule has 0 radical (unpaired) electrons. The molecule has 2 aromatic carbocycles. The summed E-state index contributed by atoms with van der Waals surface area (Å²) in [6, 6.07) is 8.55. The van der Waals surface area contributed by atoms with Crippen molar-refractivity contribution in [2.75, 3.05) is 12.4 Å². The van der Waals surface area contributed by atoms with Crippen LogP contribution in [0.15, 0.2) is 36.4 Å². The number of rotatable bonds is 6. The van der Waals surface area contributed by atoms with Gasteiger partial charge in [-0.3, -0.25) is 20.2 Å². The van der Waals surface area contributed by atoms with Crippen LogP contribution in [0.4, 0.5) is 17.1 Å². The van der Waals surface area contributed by atoms with Gasteiger partial charge in [-0.1, -0.05) is 17.7 Å². The zero-order valence-corrected chi connectivity index (χ0v) is 12.7. The Morgan fingerprint density at radius 2 is 1.87 bits per heavy atom. The lowest BCUT2D eigenvalue weighted by Crippen LogP contribution is -2.03. The van der Waals surface area contributed by atoms with Crippen LogP contribution in [-0.2, 0) is 6.54 Å². The predicted molar refractivity (Wildman–Crippen MR) is 85.1 cm³/mol. The zero-order chi connectivity index (χ0) is 17.0. The van der Waals surface area contributed by atoms with Crippen LogP contribution in [0, 0.1) is 20.2 Å². The van der Waals surface area contributed by atoms with E-state index in [2.05, 4.69) is 5.32 Å². The third-order valence-corrected chi connectivity index (χ3v) is 3.38. The van der Waals surface area contributed by atoms with Gasteiger partial charge in [-0.15, -0.1) is 0 Å². The molecule has 0 unspecified atom stereocenters. The fourth-order valence-corrected chi connectivity index (χ4v) is 2.23. The van der Waals surface area contributed by atoms with E-state index >= 15 is 0 Å². The van der Waals surface area contributed by atoms with E-state index in [1.54, 1.807) is 18.2 Å². The van der Waals surface area contributed by atoms with E-state index in [1.807, 2.05) is 0 Å². The molecule has 23 heavy (non-hydrogen) atoms. The van der Waals surface area contributed by atoms with E-state index in [0.717, 1.165) is 11.6 Å². The van der Waals surface area contributed by atoms with Crippen LogP contribution in [0.3, 0.4) is 0 Å². The number of nitrogens with zero attached hydrogens (tertiary/aromatic N) is 2. The maximum atomic E-state index is 11.1. The molecule has 2 aromatic rings. The van der Waals surface area contributed by atoms with E-state index in [0.29, 0.717) is 10.8 Å². The van der Waals surface area contributed by atoms with E-state index in [1.165, 1.54) is 19.2 Å². The molecule has 0 heterocycles. The van der Waals surface area contributed by atoms with Crippen LogP contribution >= 0.6 is 11.6 Å². The van der Waals surface area contributed by atoms with Crippen LogP contribution in [0.25, 0.3) is 0 Å². The molecule has 0 saturated carbocycles. The van der Waals surface area contributed by atoms with Gasteiger partial charge in [0, 0.05) is 12.6 Å². The first kappa shape index (κ1) is 16.5. The monoisotopic (exact) mass is 337 g/mol. The molecule has 8 nitrogen and oxygen atoms in total. The summed E-state index contributed by atoms with van der Waals surface area (Å²) in [5.41, 5.74) is 0.268. The molecule has 0 aliphatic carbocycles. The van der Waals surface area contributed by atoms with Crippen molar-refractivity contribution in [3.63, 3.8) is 0 Å². The number of halogens is 1. The summed E-state index contributed by atoms with van der Waals surface area (Å²) in [6.45, 7) is 0.266. The highest BCUT2D eigenvalue weighted by Gasteiger charge is 2.19. The van der Waals surface area contributed by atoms with E-state index in [4.69, 9.17) is 16.3 Å². The first-order valence-corrected chi connectivity index (χ1v) is 6.79. The number of methoxy groups -OCH3 is 1. The van der Waals surface area contributed by atoms with Crippen molar-refractivity contribution < 1.29 is 14.6 Å². The lowest BCUT2D eigenvalue weighted by molar-refractivity contribution is -0.393. The molecule has 120 valence electrons. The average Bonchev–Trinajstić information content (AvgIpc) is 2.52. The number of nitro benzene ring substituents is 2. The van der Waals surface area contributed by atoms with Gasteiger partial charge in [0.05, 0.1) is 28.0 Å². The van der Waals surface area contributed by atoms with Gasteiger partial charge in [-0.2, -0.15) is 0 Å². The summed E-state index contributed by atoms with van der Waals surface area (Å²) >= 11 is 6.01. The van der Waals surface area contributed by atoms with Crippen LogP contribution in [0.2, 0.25) is 5.02 Å². The highest BCUT2D eigenvalue weighted by molar-refractivity contribution is 6.32. The predicted octanol–water partition coefficient (Wildman–Crippen LogP) is 3.78. The van der Waals surface area contributed by atoms with E-state index in [9.17, 15) is 20.2 Å². The smallest absolute Gasteiger partial charge is 0.299 e. The molecular formula is C14H12ClN3O5. The van der Waals surface area contributed by atoms with Gasteiger partial charge in [0.15, 0.2) is 0 Å². The summed E-state index contributed by atoms with van der Waals surface area (Å²) in [5, 5.41) is 25.1. The fourth-order valence-electron chi connectivity index (χ4n) is 1.95. The van der Waals surface area contributed by atoms with E-state index < -0.39 is 9.85 Å². The third kappa shape index (κ3) is 3.86. The SMILES string of the molecule is COc1ccc(CNc2ccc([N+](=O)[O-])cc2[N+](=O)[O-])cc1Cl. The molecule has 0 atom stereocenters. The first-order valence-electron chi connectivity index (χ1n) is 6.41. The van der Waals surface area contributed by atoms with Crippen LogP contribution in [0.1, 0.15) is 5.56 Å². The van der Waals surface area contributed by atoms with Crippen LogP contribution in [-0.4, -0.2) is 17.0 Å². The normalized spacial score (nSPS) is 10.2. The lowest BCUT2D eigenvalue weighted by atomic mass is 10.2. The van der Waals surface area contributed by atoms with Gasteiger partial charge < -0.3 is 10.1 Å². The summed E-state index contributed by atoms with van der Waals surface area (Å²) in [4.78, 5) is 20.4. The summed E-state index contributed by atoms with van der Waals surface area (Å²) in [6.07, 6.45) is 0. The number of nitro groups is 2. The van der Waals surface area contributed by atoms with Crippen molar-refractivity contribution >= 4 is 28.7 Å². The molecule has 0 fully saturated rings. The van der Waals surface area contributed by atoms with Crippen molar-refractivity contribution in [3.05, 3.63) is 67.2 Å². The van der Waals surface area contributed by atoms with Gasteiger partial charge >= 0.3 is 0 Å². The molecule has 9 heteroatoms. The second-order valence-corrected chi connectivity index (χ2v) is 4.95. The zero-order valence-electron chi connectivity index (χ0n) is 12.0. The fraction of sp³-hybridized carbons (Fsp3) is 0.143. The number of benzene rings is 2. The van der Waals surface area contributed by atoms with Gasteiger partial charge in [0.1, 0.15) is 11.4 Å². The number of nitrogens with one attached hydrogen (secondary N) is 1. The Labute approximate surface area is 135 Å². The van der Waals surface area contributed by atoms with Crippen LogP contribution < -0.4 is 10.1 Å². The number of hydrogen-bond acceptors (Lipinski definition) is 6. The largest absolute Gasteiger partial charge is 0.495 e. The molecule has 0 aromatic heterocycles. The molecule has 0 aliphatic rings. The standard InChI is InChI=1S/C14H12ClN3O5/c1-23-14-5-2-9(6-11(14)15)8-16-12-4-3-10(17(19)20)7-13(12)18(21)22/h2-7,16H,8H2,1H3.